The minimum atomic E-state index is -0.301. The van der Waals surface area contributed by atoms with Crippen molar-refractivity contribution in [1.29, 1.82) is 0 Å². The lowest BCUT2D eigenvalue weighted by Crippen LogP contribution is -2.39. The quantitative estimate of drug-likeness (QED) is 0.519. The average Bonchev–Trinajstić information content (AvgIpc) is 3.28. The molecule has 2 heterocycles. The molecule has 0 radical (unpaired) electrons. The summed E-state index contributed by atoms with van der Waals surface area (Å²) in [5.41, 5.74) is 8.50. The molecular formula is C25H25N5O3. The first-order chi connectivity index (χ1) is 16.0. The SMILES string of the molecule is NC(=O)C1CCCN1Cc1cccc(NC(=O)c2cccc(NC(=O)c3cccnc3)c2)c1. The van der Waals surface area contributed by atoms with Crippen LogP contribution >= 0.6 is 0 Å². The first-order valence-corrected chi connectivity index (χ1v) is 10.7. The second-order valence-electron chi connectivity index (χ2n) is 7.96. The fourth-order valence-electron chi connectivity index (χ4n) is 3.96. The molecule has 4 rings (SSSR count). The van der Waals surface area contributed by atoms with E-state index in [0.717, 1.165) is 24.9 Å². The number of rotatable bonds is 7. The second kappa shape index (κ2) is 10.1. The van der Waals surface area contributed by atoms with Gasteiger partial charge in [-0.1, -0.05) is 18.2 Å². The number of likely N-dealkylation sites (tertiary alicyclic amines) is 1. The number of carbonyl (C=O) groups is 3. The summed E-state index contributed by atoms with van der Waals surface area (Å²) in [5, 5.41) is 5.68. The predicted molar refractivity (Wildman–Crippen MR) is 126 cm³/mol. The van der Waals surface area contributed by atoms with Gasteiger partial charge in [0, 0.05) is 35.9 Å². The van der Waals surface area contributed by atoms with Crippen LogP contribution < -0.4 is 16.4 Å². The lowest BCUT2D eigenvalue weighted by atomic mass is 10.1. The summed E-state index contributed by atoms with van der Waals surface area (Å²) in [6, 6.07) is 17.4. The number of pyridine rings is 1. The van der Waals surface area contributed by atoms with Crippen molar-refractivity contribution < 1.29 is 14.4 Å². The third kappa shape index (κ3) is 5.61. The summed E-state index contributed by atoms with van der Waals surface area (Å²) in [5.74, 6) is -0.891. The number of hydrogen-bond acceptors (Lipinski definition) is 5. The number of primary amides is 1. The summed E-state index contributed by atoms with van der Waals surface area (Å²) in [7, 11) is 0. The van der Waals surface area contributed by atoms with Crippen molar-refractivity contribution in [3.8, 4) is 0 Å². The first kappa shape index (κ1) is 22.2. The van der Waals surface area contributed by atoms with E-state index < -0.39 is 0 Å². The molecule has 8 heteroatoms. The number of benzene rings is 2. The van der Waals surface area contributed by atoms with Gasteiger partial charge in [0.25, 0.3) is 11.8 Å². The number of anilines is 2. The van der Waals surface area contributed by atoms with Crippen LogP contribution in [0, 0.1) is 0 Å². The van der Waals surface area contributed by atoms with Gasteiger partial charge in [-0.25, -0.2) is 0 Å². The summed E-state index contributed by atoms with van der Waals surface area (Å²) >= 11 is 0. The zero-order chi connectivity index (χ0) is 23.2. The molecule has 1 atom stereocenters. The van der Waals surface area contributed by atoms with Crippen LogP contribution in [-0.2, 0) is 11.3 Å². The molecule has 2 aromatic carbocycles. The summed E-state index contributed by atoms with van der Waals surface area (Å²) in [6.07, 6.45) is 4.79. The van der Waals surface area contributed by atoms with Crippen molar-refractivity contribution in [2.75, 3.05) is 17.2 Å². The lowest BCUT2D eigenvalue weighted by molar-refractivity contribution is -0.122. The molecule has 8 nitrogen and oxygen atoms in total. The summed E-state index contributed by atoms with van der Waals surface area (Å²) in [6.45, 7) is 1.41. The van der Waals surface area contributed by atoms with Gasteiger partial charge in [0.1, 0.15) is 0 Å². The van der Waals surface area contributed by atoms with Crippen molar-refractivity contribution in [3.63, 3.8) is 0 Å². The first-order valence-electron chi connectivity index (χ1n) is 10.7. The molecule has 3 amide bonds. The van der Waals surface area contributed by atoms with E-state index in [2.05, 4.69) is 20.5 Å². The van der Waals surface area contributed by atoms with E-state index in [1.54, 1.807) is 42.6 Å². The zero-order valence-corrected chi connectivity index (χ0v) is 18.0. The van der Waals surface area contributed by atoms with E-state index in [4.69, 9.17) is 5.73 Å². The van der Waals surface area contributed by atoms with Crippen LogP contribution in [-0.4, -0.2) is 40.2 Å². The Hall–Kier alpha value is -4.04. The van der Waals surface area contributed by atoms with Crippen LogP contribution in [0.15, 0.2) is 73.1 Å². The Morgan fingerprint density at radius 1 is 0.939 bits per heavy atom. The minimum Gasteiger partial charge on any atom is -0.368 e. The van der Waals surface area contributed by atoms with Crippen LogP contribution in [0.1, 0.15) is 39.1 Å². The fraction of sp³-hybridized carbons (Fsp3) is 0.200. The number of nitrogens with one attached hydrogen (secondary N) is 2. The monoisotopic (exact) mass is 443 g/mol. The van der Waals surface area contributed by atoms with E-state index in [1.165, 1.54) is 6.20 Å². The molecule has 1 aliphatic heterocycles. The molecule has 1 saturated heterocycles. The van der Waals surface area contributed by atoms with E-state index in [9.17, 15) is 14.4 Å². The van der Waals surface area contributed by atoms with E-state index in [0.29, 0.717) is 29.0 Å². The molecule has 0 spiro atoms. The maximum absolute atomic E-state index is 12.8. The standard InChI is InChI=1S/C25H25N5O3/c26-23(31)22-10-4-12-30(22)16-17-5-1-8-20(13-17)28-24(32)18-6-2-9-21(14-18)29-25(33)19-7-3-11-27-15-19/h1-3,5-9,11,13-15,22H,4,10,12,16H2,(H2,26,31)(H,28,32)(H,29,33). The van der Waals surface area contributed by atoms with Gasteiger partial charge in [-0.05, 0) is 67.4 Å². The molecule has 3 aromatic rings. The Kier molecular flexibility index (Phi) is 6.75. The third-order valence-electron chi connectivity index (χ3n) is 5.57. The summed E-state index contributed by atoms with van der Waals surface area (Å²) in [4.78, 5) is 42.8. The molecule has 1 fully saturated rings. The minimum absolute atomic E-state index is 0.243. The zero-order valence-electron chi connectivity index (χ0n) is 18.0. The van der Waals surface area contributed by atoms with Gasteiger partial charge in [0.15, 0.2) is 0 Å². The molecule has 0 saturated carbocycles. The molecule has 1 aromatic heterocycles. The largest absolute Gasteiger partial charge is 0.368 e. The Bertz CT molecular complexity index is 1170. The van der Waals surface area contributed by atoms with Gasteiger partial charge in [-0.2, -0.15) is 0 Å². The van der Waals surface area contributed by atoms with E-state index in [-0.39, 0.29) is 23.8 Å². The van der Waals surface area contributed by atoms with Gasteiger partial charge in [0.05, 0.1) is 11.6 Å². The molecule has 33 heavy (non-hydrogen) atoms. The smallest absolute Gasteiger partial charge is 0.257 e. The van der Waals surface area contributed by atoms with Crippen molar-refractivity contribution in [1.82, 2.24) is 9.88 Å². The molecule has 1 aliphatic rings. The van der Waals surface area contributed by atoms with Gasteiger partial charge in [-0.3, -0.25) is 24.3 Å². The highest BCUT2D eigenvalue weighted by atomic mass is 16.2. The topological polar surface area (TPSA) is 117 Å². The van der Waals surface area contributed by atoms with Crippen molar-refractivity contribution in [2.24, 2.45) is 5.73 Å². The van der Waals surface area contributed by atoms with E-state index >= 15 is 0 Å². The lowest BCUT2D eigenvalue weighted by Gasteiger charge is -2.22. The number of hydrogen-bond donors (Lipinski definition) is 3. The van der Waals surface area contributed by atoms with E-state index in [1.807, 2.05) is 24.3 Å². The normalized spacial score (nSPS) is 15.7. The van der Waals surface area contributed by atoms with Crippen molar-refractivity contribution in [2.45, 2.75) is 25.4 Å². The number of amides is 3. The van der Waals surface area contributed by atoms with Gasteiger partial charge in [-0.15, -0.1) is 0 Å². The second-order valence-corrected chi connectivity index (χ2v) is 7.96. The molecule has 0 aliphatic carbocycles. The van der Waals surface area contributed by atoms with Gasteiger partial charge in [0.2, 0.25) is 5.91 Å². The Morgan fingerprint density at radius 3 is 2.36 bits per heavy atom. The number of nitrogens with two attached hydrogens (primary N) is 1. The highest BCUT2D eigenvalue weighted by Crippen LogP contribution is 2.22. The Morgan fingerprint density at radius 2 is 1.64 bits per heavy atom. The van der Waals surface area contributed by atoms with Crippen molar-refractivity contribution >= 4 is 29.1 Å². The Balaban J connectivity index is 1.41. The maximum atomic E-state index is 12.8. The molecule has 1 unspecified atom stereocenters. The van der Waals surface area contributed by atoms with Crippen LogP contribution in [0.3, 0.4) is 0 Å². The van der Waals surface area contributed by atoms with Crippen LogP contribution in [0.2, 0.25) is 0 Å². The number of carbonyl (C=O) groups excluding carboxylic acids is 3. The maximum Gasteiger partial charge on any atom is 0.257 e. The average molecular weight is 444 g/mol. The predicted octanol–water partition coefficient (Wildman–Crippen LogP) is 3.04. The molecule has 4 N–H and O–H groups in total. The fourth-order valence-corrected chi connectivity index (χ4v) is 3.96. The van der Waals surface area contributed by atoms with Crippen LogP contribution in [0.5, 0.6) is 0 Å². The molecular weight excluding hydrogens is 418 g/mol. The van der Waals surface area contributed by atoms with Crippen molar-refractivity contribution in [3.05, 3.63) is 89.7 Å². The molecule has 168 valence electrons. The highest BCUT2D eigenvalue weighted by Gasteiger charge is 2.28. The third-order valence-corrected chi connectivity index (χ3v) is 5.57. The van der Waals surface area contributed by atoms with Gasteiger partial charge < -0.3 is 16.4 Å². The summed E-state index contributed by atoms with van der Waals surface area (Å²) < 4.78 is 0. The molecule has 0 bridgehead atoms. The Labute approximate surface area is 191 Å². The van der Waals surface area contributed by atoms with Gasteiger partial charge >= 0.3 is 0 Å². The number of aromatic nitrogens is 1. The number of nitrogens with zero attached hydrogens (tertiary/aromatic N) is 2. The highest BCUT2D eigenvalue weighted by molar-refractivity contribution is 6.07. The van der Waals surface area contributed by atoms with Crippen LogP contribution in [0.25, 0.3) is 0 Å². The van der Waals surface area contributed by atoms with Crippen LogP contribution in [0.4, 0.5) is 11.4 Å².